The van der Waals surface area contributed by atoms with Gasteiger partial charge in [-0.3, -0.25) is 0 Å². The summed E-state index contributed by atoms with van der Waals surface area (Å²) in [5.41, 5.74) is 1.15. The Labute approximate surface area is 100 Å². The van der Waals surface area contributed by atoms with Crippen LogP contribution in [0.4, 0.5) is 5.69 Å². The van der Waals surface area contributed by atoms with Gasteiger partial charge in [-0.25, -0.2) is 0 Å². The molecule has 1 aliphatic heterocycles. The van der Waals surface area contributed by atoms with E-state index in [0.717, 1.165) is 25.3 Å². The van der Waals surface area contributed by atoms with Gasteiger partial charge in [0.25, 0.3) is 0 Å². The highest BCUT2D eigenvalue weighted by Gasteiger charge is 2.18. The van der Waals surface area contributed by atoms with Crippen molar-refractivity contribution in [1.29, 1.82) is 0 Å². The van der Waals surface area contributed by atoms with Crippen molar-refractivity contribution in [3.8, 4) is 0 Å². The number of hydrogen-bond donors (Lipinski definition) is 1. The minimum atomic E-state index is 0.496. The van der Waals surface area contributed by atoms with Crippen LogP contribution in [0.1, 0.15) is 6.92 Å². The summed E-state index contributed by atoms with van der Waals surface area (Å²) in [5, 5.41) is 4.60. The van der Waals surface area contributed by atoms with Crippen molar-refractivity contribution in [3.63, 3.8) is 0 Å². The average molecular weight is 245 g/mol. The van der Waals surface area contributed by atoms with Gasteiger partial charge in [0.1, 0.15) is 0 Å². The Morgan fingerprint density at radius 3 is 2.80 bits per heavy atom. The van der Waals surface area contributed by atoms with E-state index in [1.807, 2.05) is 18.2 Å². The molecule has 0 saturated carbocycles. The van der Waals surface area contributed by atoms with Gasteiger partial charge < -0.3 is 10.2 Å². The summed E-state index contributed by atoms with van der Waals surface area (Å²) in [6.45, 7) is 5.25. The second kappa shape index (κ2) is 4.60. The number of hydrogen-bond acceptors (Lipinski definition) is 2. The molecule has 2 nitrogen and oxygen atoms in total. The lowest BCUT2D eigenvalue weighted by molar-refractivity contribution is 0.501. The molecular weight excluding hydrogens is 231 g/mol. The van der Waals surface area contributed by atoms with Crippen LogP contribution in [-0.2, 0) is 0 Å². The fourth-order valence-electron chi connectivity index (χ4n) is 1.89. The predicted octanol–water partition coefficient (Wildman–Crippen LogP) is 2.79. The second-order valence-corrected chi connectivity index (χ2v) is 4.66. The molecule has 0 radical (unpaired) electrons. The Hall–Kier alpha value is -0.440. The Morgan fingerprint density at radius 2 is 2.13 bits per heavy atom. The molecule has 1 atom stereocenters. The highest BCUT2D eigenvalue weighted by atomic mass is 35.5. The molecule has 0 amide bonds. The van der Waals surface area contributed by atoms with Gasteiger partial charge >= 0.3 is 0 Å². The van der Waals surface area contributed by atoms with Crippen molar-refractivity contribution in [2.75, 3.05) is 24.5 Å². The molecule has 1 aromatic carbocycles. The zero-order valence-corrected chi connectivity index (χ0v) is 10.1. The summed E-state index contributed by atoms with van der Waals surface area (Å²) < 4.78 is 0. The second-order valence-electron chi connectivity index (χ2n) is 3.84. The number of piperazine rings is 1. The largest absolute Gasteiger partial charge is 0.366 e. The van der Waals surface area contributed by atoms with Crippen LogP contribution in [0.3, 0.4) is 0 Å². The zero-order chi connectivity index (χ0) is 10.8. The van der Waals surface area contributed by atoms with Crippen molar-refractivity contribution in [2.24, 2.45) is 0 Å². The molecule has 1 heterocycles. The lowest BCUT2D eigenvalue weighted by Crippen LogP contribution is -2.49. The van der Waals surface area contributed by atoms with E-state index in [0.29, 0.717) is 16.1 Å². The van der Waals surface area contributed by atoms with Gasteiger partial charge in [0.2, 0.25) is 0 Å². The maximum atomic E-state index is 6.01. The molecule has 4 heteroatoms. The van der Waals surface area contributed by atoms with Gasteiger partial charge in [0, 0.05) is 31.4 Å². The first-order valence-corrected chi connectivity index (χ1v) is 5.86. The van der Waals surface area contributed by atoms with Gasteiger partial charge in [-0.2, -0.15) is 0 Å². The molecule has 0 aliphatic carbocycles. The maximum absolute atomic E-state index is 6.01. The fourth-order valence-corrected chi connectivity index (χ4v) is 2.18. The van der Waals surface area contributed by atoms with E-state index in [1.54, 1.807) is 0 Å². The number of nitrogens with one attached hydrogen (secondary N) is 1. The molecule has 0 spiro atoms. The molecule has 1 N–H and O–H groups in total. The van der Waals surface area contributed by atoms with Crippen molar-refractivity contribution < 1.29 is 0 Å². The van der Waals surface area contributed by atoms with Crippen LogP contribution in [0, 0.1) is 0 Å². The summed E-state index contributed by atoms with van der Waals surface area (Å²) in [6, 6.07) is 6.31. The minimum Gasteiger partial charge on any atom is -0.366 e. The monoisotopic (exact) mass is 244 g/mol. The van der Waals surface area contributed by atoms with Gasteiger partial charge in [-0.05, 0) is 25.1 Å². The zero-order valence-electron chi connectivity index (χ0n) is 8.63. The standard InChI is InChI=1S/C11H14Cl2N2/c1-8-7-14-4-5-15(8)9-2-3-10(12)11(13)6-9/h2-3,6,8,14H,4-5,7H2,1H3/t8-/m0/s1. The lowest BCUT2D eigenvalue weighted by atomic mass is 10.2. The van der Waals surface area contributed by atoms with E-state index in [1.165, 1.54) is 0 Å². The quantitative estimate of drug-likeness (QED) is 0.818. The highest BCUT2D eigenvalue weighted by molar-refractivity contribution is 6.42. The third kappa shape index (κ3) is 2.39. The summed E-state index contributed by atoms with van der Waals surface area (Å²) >= 11 is 11.9. The van der Waals surface area contributed by atoms with Crippen LogP contribution in [-0.4, -0.2) is 25.7 Å². The topological polar surface area (TPSA) is 15.3 Å². The highest BCUT2D eigenvalue weighted by Crippen LogP contribution is 2.28. The number of nitrogens with zero attached hydrogens (tertiary/aromatic N) is 1. The third-order valence-corrected chi connectivity index (χ3v) is 3.48. The van der Waals surface area contributed by atoms with Crippen molar-refractivity contribution in [2.45, 2.75) is 13.0 Å². The van der Waals surface area contributed by atoms with Gasteiger partial charge in [-0.1, -0.05) is 23.2 Å². The van der Waals surface area contributed by atoms with Crippen LogP contribution >= 0.6 is 23.2 Å². The Bertz CT molecular complexity index is 354. The molecule has 82 valence electrons. The van der Waals surface area contributed by atoms with Crippen molar-refractivity contribution in [1.82, 2.24) is 5.32 Å². The van der Waals surface area contributed by atoms with Crippen LogP contribution in [0.2, 0.25) is 10.0 Å². The summed E-state index contributed by atoms with van der Waals surface area (Å²) in [4.78, 5) is 2.35. The summed E-state index contributed by atoms with van der Waals surface area (Å²) in [6.07, 6.45) is 0. The Morgan fingerprint density at radius 1 is 1.33 bits per heavy atom. The molecule has 0 unspecified atom stereocenters. The van der Waals surface area contributed by atoms with Crippen LogP contribution in [0.25, 0.3) is 0 Å². The first kappa shape index (κ1) is 11.1. The number of benzene rings is 1. The first-order valence-electron chi connectivity index (χ1n) is 5.11. The summed E-state index contributed by atoms with van der Waals surface area (Å²) in [7, 11) is 0. The van der Waals surface area contributed by atoms with Crippen LogP contribution in [0.15, 0.2) is 18.2 Å². The molecule has 2 rings (SSSR count). The van der Waals surface area contributed by atoms with Gasteiger partial charge in [0.05, 0.1) is 10.0 Å². The molecule has 1 saturated heterocycles. The Kier molecular flexibility index (Phi) is 3.39. The predicted molar refractivity (Wildman–Crippen MR) is 66.1 cm³/mol. The number of anilines is 1. The van der Waals surface area contributed by atoms with E-state index in [-0.39, 0.29) is 0 Å². The first-order chi connectivity index (χ1) is 7.18. The SMILES string of the molecule is C[C@H]1CNCCN1c1ccc(Cl)c(Cl)c1. The van der Waals surface area contributed by atoms with E-state index < -0.39 is 0 Å². The molecular formula is C11H14Cl2N2. The van der Waals surface area contributed by atoms with Crippen molar-refractivity contribution >= 4 is 28.9 Å². The lowest BCUT2D eigenvalue weighted by Gasteiger charge is -2.36. The van der Waals surface area contributed by atoms with E-state index in [2.05, 4.69) is 17.1 Å². The molecule has 1 aliphatic rings. The number of rotatable bonds is 1. The molecule has 15 heavy (non-hydrogen) atoms. The minimum absolute atomic E-state index is 0.496. The smallest absolute Gasteiger partial charge is 0.0612 e. The Balaban J connectivity index is 2.24. The fraction of sp³-hybridized carbons (Fsp3) is 0.455. The van der Waals surface area contributed by atoms with E-state index >= 15 is 0 Å². The van der Waals surface area contributed by atoms with Gasteiger partial charge in [0.15, 0.2) is 0 Å². The third-order valence-electron chi connectivity index (χ3n) is 2.74. The van der Waals surface area contributed by atoms with E-state index in [4.69, 9.17) is 23.2 Å². The summed E-state index contributed by atoms with van der Waals surface area (Å²) in [5.74, 6) is 0. The normalized spacial score (nSPS) is 21.8. The van der Waals surface area contributed by atoms with Crippen LogP contribution < -0.4 is 10.2 Å². The average Bonchev–Trinajstić information content (AvgIpc) is 2.23. The molecule has 1 aromatic rings. The van der Waals surface area contributed by atoms with E-state index in [9.17, 15) is 0 Å². The number of halogens is 2. The van der Waals surface area contributed by atoms with Crippen molar-refractivity contribution in [3.05, 3.63) is 28.2 Å². The molecule has 0 bridgehead atoms. The maximum Gasteiger partial charge on any atom is 0.0612 e. The molecule has 0 aromatic heterocycles. The van der Waals surface area contributed by atoms with Gasteiger partial charge in [-0.15, -0.1) is 0 Å². The van der Waals surface area contributed by atoms with Crippen LogP contribution in [0.5, 0.6) is 0 Å². The molecule has 1 fully saturated rings.